The number of rotatable bonds is 4. The molecule has 0 aromatic heterocycles. The van der Waals surface area contributed by atoms with Crippen molar-refractivity contribution in [1.29, 1.82) is 0 Å². The number of nitro groups is 1. The lowest BCUT2D eigenvalue weighted by Crippen LogP contribution is -2.61. The van der Waals surface area contributed by atoms with Crippen LogP contribution in [0.25, 0.3) is 0 Å². The second-order valence-electron chi connectivity index (χ2n) is 8.85. The molecule has 2 aromatic rings. The van der Waals surface area contributed by atoms with Crippen LogP contribution in [0.5, 0.6) is 0 Å². The first-order valence-electron chi connectivity index (χ1n) is 10.5. The molecule has 170 valence electrons. The summed E-state index contributed by atoms with van der Waals surface area (Å²) >= 11 is 0. The van der Waals surface area contributed by atoms with Crippen molar-refractivity contribution in [3.63, 3.8) is 0 Å². The summed E-state index contributed by atoms with van der Waals surface area (Å²) in [6.45, 7) is 4.25. The number of fused-ring (bicyclic) bond motifs is 4. The fourth-order valence-corrected chi connectivity index (χ4v) is 5.17. The fraction of sp³-hybridized carbons (Fsp3) is 0.435. The third kappa shape index (κ3) is 3.69. The number of anilines is 1. The largest absolute Gasteiger partial charge is 0.471 e. The van der Waals surface area contributed by atoms with Crippen molar-refractivity contribution in [3.8, 4) is 0 Å². The molecule has 4 rings (SSSR count). The van der Waals surface area contributed by atoms with Gasteiger partial charge >= 0.3 is 12.1 Å². The van der Waals surface area contributed by atoms with E-state index in [1.165, 1.54) is 6.07 Å². The van der Waals surface area contributed by atoms with Crippen LogP contribution in [0.4, 0.5) is 24.5 Å². The predicted octanol–water partition coefficient (Wildman–Crippen LogP) is 4.82. The molecule has 32 heavy (non-hydrogen) atoms. The molecular formula is C23H24F3N3O3. The van der Waals surface area contributed by atoms with Gasteiger partial charge in [-0.05, 0) is 46.9 Å². The summed E-state index contributed by atoms with van der Waals surface area (Å²) in [4.78, 5) is 24.2. The topological polar surface area (TPSA) is 75.5 Å². The number of carbonyl (C=O) groups is 1. The zero-order valence-corrected chi connectivity index (χ0v) is 17.8. The molecule has 3 unspecified atom stereocenters. The lowest BCUT2D eigenvalue weighted by molar-refractivity contribution is -0.384. The summed E-state index contributed by atoms with van der Waals surface area (Å²) in [6, 6.07) is 12.1. The average molecular weight is 447 g/mol. The van der Waals surface area contributed by atoms with Gasteiger partial charge in [-0.25, -0.2) is 0 Å². The minimum atomic E-state index is -4.94. The maximum absolute atomic E-state index is 13.1. The maximum atomic E-state index is 13.1. The normalized spacial score (nSPS) is 24.6. The van der Waals surface area contributed by atoms with Gasteiger partial charge in [-0.2, -0.15) is 13.2 Å². The standard InChI is InChI=1S/C23H24F3N3O3/c1-14-19-10-16-11-20(29(31)32)18(27-13-15-6-4-3-5-7-15)12-17(16)22(14,2)8-9-28(19)21(30)23(24,25)26/h3-7,11-12,14,19,27H,8-10,13H2,1-2H3. The van der Waals surface area contributed by atoms with E-state index in [9.17, 15) is 28.1 Å². The summed E-state index contributed by atoms with van der Waals surface area (Å²) in [6.07, 6.45) is -4.42. The Balaban J connectivity index is 1.72. The number of hydrogen-bond donors (Lipinski definition) is 1. The van der Waals surface area contributed by atoms with Crippen LogP contribution in [0.2, 0.25) is 0 Å². The van der Waals surface area contributed by atoms with Gasteiger partial charge in [0.15, 0.2) is 0 Å². The Hall–Kier alpha value is -3.10. The zero-order chi connectivity index (χ0) is 23.3. The quantitative estimate of drug-likeness (QED) is 0.539. The van der Waals surface area contributed by atoms with Crippen molar-refractivity contribution in [2.45, 2.75) is 50.9 Å². The van der Waals surface area contributed by atoms with Gasteiger partial charge in [0.1, 0.15) is 5.69 Å². The van der Waals surface area contributed by atoms with E-state index in [2.05, 4.69) is 5.32 Å². The molecule has 6 nitrogen and oxygen atoms in total. The molecule has 1 saturated heterocycles. The number of amides is 1. The van der Waals surface area contributed by atoms with Gasteiger partial charge in [0.2, 0.25) is 0 Å². The van der Waals surface area contributed by atoms with E-state index in [1.807, 2.05) is 44.2 Å². The van der Waals surface area contributed by atoms with Crippen LogP contribution < -0.4 is 5.32 Å². The summed E-state index contributed by atoms with van der Waals surface area (Å²) < 4.78 is 39.4. The van der Waals surface area contributed by atoms with Gasteiger partial charge in [-0.3, -0.25) is 14.9 Å². The molecule has 3 atom stereocenters. The zero-order valence-electron chi connectivity index (χ0n) is 17.8. The molecule has 0 spiro atoms. The summed E-state index contributed by atoms with van der Waals surface area (Å²) in [5, 5.41) is 14.9. The Labute approximate surface area is 183 Å². The number of nitrogens with one attached hydrogen (secondary N) is 1. The SMILES string of the molecule is CC1C2Cc3cc([N+](=O)[O-])c(NCc4ccccc4)cc3C1(C)CCN2C(=O)C(F)(F)F. The van der Waals surface area contributed by atoms with Crippen molar-refractivity contribution in [2.75, 3.05) is 11.9 Å². The molecule has 2 aromatic carbocycles. The van der Waals surface area contributed by atoms with Crippen LogP contribution in [0.3, 0.4) is 0 Å². The maximum Gasteiger partial charge on any atom is 0.471 e. The first kappa shape index (κ1) is 22.1. The highest BCUT2D eigenvalue weighted by Crippen LogP contribution is 2.51. The Bertz CT molecular complexity index is 1060. The summed E-state index contributed by atoms with van der Waals surface area (Å²) in [5.74, 6) is -2.06. The number of hydrogen-bond acceptors (Lipinski definition) is 4. The van der Waals surface area contributed by atoms with Gasteiger partial charge < -0.3 is 10.2 Å². The molecule has 2 aliphatic rings. The fourth-order valence-electron chi connectivity index (χ4n) is 5.17. The van der Waals surface area contributed by atoms with Crippen molar-refractivity contribution in [2.24, 2.45) is 5.92 Å². The number of halogens is 3. The van der Waals surface area contributed by atoms with Crippen LogP contribution in [-0.2, 0) is 23.2 Å². The second-order valence-corrected chi connectivity index (χ2v) is 8.85. The monoisotopic (exact) mass is 447 g/mol. The van der Waals surface area contributed by atoms with Gasteiger partial charge in [-0.1, -0.05) is 44.2 Å². The predicted molar refractivity (Wildman–Crippen MR) is 113 cm³/mol. The van der Waals surface area contributed by atoms with E-state index in [-0.39, 0.29) is 24.6 Å². The van der Waals surface area contributed by atoms with Crippen molar-refractivity contribution in [3.05, 3.63) is 69.3 Å². The highest BCUT2D eigenvalue weighted by Gasteiger charge is 2.54. The third-order valence-electron chi connectivity index (χ3n) is 7.15. The smallest absolute Gasteiger partial charge is 0.375 e. The van der Waals surface area contributed by atoms with Crippen LogP contribution in [0, 0.1) is 16.0 Å². The summed E-state index contributed by atoms with van der Waals surface area (Å²) in [5.41, 5.74) is 2.29. The highest BCUT2D eigenvalue weighted by atomic mass is 19.4. The number of carbonyl (C=O) groups excluding carboxylic acids is 1. The van der Waals surface area contributed by atoms with Crippen LogP contribution in [0.15, 0.2) is 42.5 Å². The second kappa shape index (κ2) is 7.79. The first-order chi connectivity index (χ1) is 15.0. The van der Waals surface area contributed by atoms with E-state index < -0.39 is 28.5 Å². The highest BCUT2D eigenvalue weighted by molar-refractivity contribution is 5.82. The number of piperidine rings is 1. The van der Waals surface area contributed by atoms with Crippen molar-refractivity contribution in [1.82, 2.24) is 4.90 Å². The minimum absolute atomic E-state index is 0.00700. The number of nitro benzene ring substituents is 1. The van der Waals surface area contributed by atoms with E-state index in [0.29, 0.717) is 24.2 Å². The summed E-state index contributed by atoms with van der Waals surface area (Å²) in [7, 11) is 0. The average Bonchev–Trinajstić information content (AvgIpc) is 2.74. The van der Waals surface area contributed by atoms with Gasteiger partial charge in [0.25, 0.3) is 5.69 Å². The molecule has 1 N–H and O–H groups in total. The Morgan fingerprint density at radius 1 is 1.28 bits per heavy atom. The number of likely N-dealkylation sites (tertiary alicyclic amines) is 1. The van der Waals surface area contributed by atoms with E-state index >= 15 is 0 Å². The molecule has 1 fully saturated rings. The lowest BCUT2D eigenvalue weighted by Gasteiger charge is -2.54. The Morgan fingerprint density at radius 2 is 1.97 bits per heavy atom. The molecule has 1 amide bonds. The lowest BCUT2D eigenvalue weighted by atomic mass is 9.59. The van der Waals surface area contributed by atoms with E-state index in [0.717, 1.165) is 16.0 Å². The molecular weight excluding hydrogens is 423 g/mol. The minimum Gasteiger partial charge on any atom is -0.375 e. The van der Waals surface area contributed by atoms with Crippen molar-refractivity contribution >= 4 is 17.3 Å². The molecule has 2 bridgehead atoms. The van der Waals surface area contributed by atoms with Crippen LogP contribution >= 0.6 is 0 Å². The molecule has 0 saturated carbocycles. The number of benzene rings is 2. The molecule has 0 radical (unpaired) electrons. The van der Waals surface area contributed by atoms with Gasteiger partial charge in [0, 0.05) is 25.2 Å². The van der Waals surface area contributed by atoms with E-state index in [4.69, 9.17) is 0 Å². The number of nitrogens with zero attached hydrogens (tertiary/aromatic N) is 2. The molecule has 1 heterocycles. The van der Waals surface area contributed by atoms with Gasteiger partial charge in [-0.15, -0.1) is 0 Å². The first-order valence-corrected chi connectivity index (χ1v) is 10.5. The Kier molecular flexibility index (Phi) is 5.38. The van der Waals surface area contributed by atoms with Crippen LogP contribution in [0.1, 0.15) is 37.0 Å². The molecule has 1 aliphatic heterocycles. The van der Waals surface area contributed by atoms with Crippen molar-refractivity contribution < 1.29 is 22.9 Å². The molecule has 9 heteroatoms. The number of alkyl halides is 3. The van der Waals surface area contributed by atoms with Crippen LogP contribution in [-0.4, -0.2) is 34.5 Å². The van der Waals surface area contributed by atoms with Gasteiger partial charge in [0.05, 0.1) is 4.92 Å². The molecule has 1 aliphatic carbocycles. The Morgan fingerprint density at radius 3 is 2.59 bits per heavy atom. The third-order valence-corrected chi connectivity index (χ3v) is 7.15. The van der Waals surface area contributed by atoms with E-state index in [1.54, 1.807) is 6.07 Å².